The van der Waals surface area contributed by atoms with Crippen molar-refractivity contribution < 1.29 is 14.3 Å². The number of hydrogen-bond acceptors (Lipinski definition) is 4. The van der Waals surface area contributed by atoms with E-state index in [1.54, 1.807) is 30.6 Å². The second-order valence-electron chi connectivity index (χ2n) is 2.83. The number of hydrogen-bond donors (Lipinski definition) is 0. The van der Waals surface area contributed by atoms with Crippen molar-refractivity contribution in [2.45, 2.75) is 6.42 Å². The van der Waals surface area contributed by atoms with Crippen molar-refractivity contribution in [2.75, 3.05) is 7.11 Å². The molecule has 0 saturated carbocycles. The highest BCUT2D eigenvalue weighted by molar-refractivity contribution is 6.03. The number of carbonyl (C=O) groups excluding carboxylic acids is 2. The number of aromatic nitrogens is 1. The van der Waals surface area contributed by atoms with Crippen LogP contribution in [-0.4, -0.2) is 23.8 Å². The van der Waals surface area contributed by atoms with Gasteiger partial charge < -0.3 is 4.74 Å². The monoisotopic (exact) mass is 205 g/mol. The minimum absolute atomic E-state index is 0.224. The van der Waals surface area contributed by atoms with Gasteiger partial charge in [-0.15, -0.1) is 0 Å². The molecule has 0 saturated heterocycles. The smallest absolute Gasteiger partial charge is 0.313 e. The van der Waals surface area contributed by atoms with Gasteiger partial charge in [0.2, 0.25) is 0 Å². The molecule has 15 heavy (non-hydrogen) atoms. The fraction of sp³-hybridized carbons (Fsp3) is 0.182. The summed E-state index contributed by atoms with van der Waals surface area (Å²) >= 11 is 0. The Labute approximate surface area is 87.6 Å². The topological polar surface area (TPSA) is 56.3 Å². The Morgan fingerprint density at radius 3 is 2.67 bits per heavy atom. The molecule has 0 unspecified atom stereocenters. The summed E-state index contributed by atoms with van der Waals surface area (Å²) in [7, 11) is 1.25. The van der Waals surface area contributed by atoms with Gasteiger partial charge in [-0.3, -0.25) is 14.6 Å². The molecule has 0 aliphatic rings. The fourth-order valence-electron chi connectivity index (χ4n) is 0.937. The summed E-state index contributed by atoms with van der Waals surface area (Å²) in [5.74, 6) is -0.807. The van der Waals surface area contributed by atoms with Crippen LogP contribution in [0.5, 0.6) is 0 Å². The number of ether oxygens (including phenoxy) is 1. The van der Waals surface area contributed by atoms with Gasteiger partial charge in [0.1, 0.15) is 6.42 Å². The zero-order valence-electron chi connectivity index (χ0n) is 8.34. The van der Waals surface area contributed by atoms with E-state index < -0.39 is 5.97 Å². The van der Waals surface area contributed by atoms with Gasteiger partial charge in [-0.2, -0.15) is 0 Å². The molecule has 0 fully saturated rings. The molecule has 1 rings (SSSR count). The van der Waals surface area contributed by atoms with E-state index in [0.717, 1.165) is 5.56 Å². The molecule has 0 N–H and O–H groups in total. The highest BCUT2D eigenvalue weighted by Gasteiger charge is 2.05. The van der Waals surface area contributed by atoms with Crippen molar-refractivity contribution in [3.05, 3.63) is 36.2 Å². The van der Waals surface area contributed by atoms with E-state index >= 15 is 0 Å². The molecule has 0 atom stereocenters. The third kappa shape index (κ3) is 4.17. The van der Waals surface area contributed by atoms with Crippen LogP contribution in [0.4, 0.5) is 0 Å². The average molecular weight is 205 g/mol. The highest BCUT2D eigenvalue weighted by Crippen LogP contribution is 2.00. The van der Waals surface area contributed by atoms with E-state index in [1.807, 2.05) is 0 Å². The molecule has 0 spiro atoms. The normalized spacial score (nSPS) is 10.2. The summed E-state index contributed by atoms with van der Waals surface area (Å²) in [5.41, 5.74) is 0.864. The molecule has 78 valence electrons. The first kappa shape index (κ1) is 11.1. The van der Waals surface area contributed by atoms with Crippen molar-refractivity contribution in [1.29, 1.82) is 0 Å². The Balaban J connectivity index is 2.52. The van der Waals surface area contributed by atoms with Crippen molar-refractivity contribution in [3.8, 4) is 0 Å². The standard InChI is InChI=1S/C11H11NO3/c1-15-11(14)8-10(13)3-2-9-4-6-12-7-5-9/h2-7H,8H2,1H3. The molecule has 0 bridgehead atoms. The summed E-state index contributed by atoms with van der Waals surface area (Å²) in [6.07, 6.45) is 6.02. The van der Waals surface area contributed by atoms with E-state index in [1.165, 1.54) is 13.2 Å². The largest absolute Gasteiger partial charge is 0.469 e. The van der Waals surface area contributed by atoms with E-state index in [0.29, 0.717) is 0 Å². The molecule has 1 aromatic rings. The second kappa shape index (κ2) is 5.70. The van der Waals surface area contributed by atoms with Crippen molar-refractivity contribution in [1.82, 2.24) is 4.98 Å². The minimum Gasteiger partial charge on any atom is -0.469 e. The van der Waals surface area contributed by atoms with Crippen LogP contribution >= 0.6 is 0 Å². The van der Waals surface area contributed by atoms with Gasteiger partial charge in [0.25, 0.3) is 0 Å². The maximum absolute atomic E-state index is 11.2. The summed E-state index contributed by atoms with van der Waals surface area (Å²) in [5, 5.41) is 0. The Morgan fingerprint density at radius 1 is 1.40 bits per heavy atom. The number of allylic oxidation sites excluding steroid dienone is 1. The number of pyridine rings is 1. The molecule has 4 heteroatoms. The van der Waals surface area contributed by atoms with Crippen LogP contribution < -0.4 is 0 Å². The fourth-order valence-corrected chi connectivity index (χ4v) is 0.937. The number of carbonyl (C=O) groups is 2. The molecule has 4 nitrogen and oxygen atoms in total. The van der Waals surface area contributed by atoms with Crippen LogP contribution in [0.25, 0.3) is 6.08 Å². The summed E-state index contributed by atoms with van der Waals surface area (Å²) in [6.45, 7) is 0. The van der Waals surface area contributed by atoms with E-state index in [4.69, 9.17) is 0 Å². The Bertz CT molecular complexity index is 371. The van der Waals surface area contributed by atoms with Gasteiger partial charge in [0.05, 0.1) is 7.11 Å². The average Bonchev–Trinajstić information content (AvgIpc) is 2.27. The molecule has 0 amide bonds. The maximum atomic E-state index is 11.2. The van der Waals surface area contributed by atoms with Gasteiger partial charge in [-0.05, 0) is 23.8 Å². The minimum atomic E-state index is -0.528. The molecule has 0 aliphatic heterocycles. The first-order chi connectivity index (χ1) is 7.22. The Morgan fingerprint density at radius 2 is 2.07 bits per heavy atom. The zero-order valence-corrected chi connectivity index (χ0v) is 8.34. The van der Waals surface area contributed by atoms with Gasteiger partial charge >= 0.3 is 5.97 Å². The van der Waals surface area contributed by atoms with Gasteiger partial charge in [0.15, 0.2) is 5.78 Å². The van der Waals surface area contributed by atoms with Crippen LogP contribution in [0.15, 0.2) is 30.6 Å². The summed E-state index contributed by atoms with van der Waals surface area (Å²) in [4.78, 5) is 25.8. The molecular weight excluding hydrogens is 194 g/mol. The van der Waals surface area contributed by atoms with Crippen LogP contribution in [0, 0.1) is 0 Å². The van der Waals surface area contributed by atoms with Crippen LogP contribution in [0.3, 0.4) is 0 Å². The summed E-state index contributed by atoms with van der Waals surface area (Å²) < 4.78 is 4.37. The van der Waals surface area contributed by atoms with Crippen LogP contribution in [0.2, 0.25) is 0 Å². The highest BCUT2D eigenvalue weighted by atomic mass is 16.5. The Hall–Kier alpha value is -1.97. The van der Waals surface area contributed by atoms with Gasteiger partial charge in [0, 0.05) is 12.4 Å². The SMILES string of the molecule is COC(=O)CC(=O)C=Cc1ccncc1. The maximum Gasteiger partial charge on any atom is 0.313 e. The third-order valence-electron chi connectivity index (χ3n) is 1.71. The first-order valence-electron chi connectivity index (χ1n) is 4.40. The Kier molecular flexibility index (Phi) is 4.22. The van der Waals surface area contributed by atoms with E-state index in [-0.39, 0.29) is 12.2 Å². The van der Waals surface area contributed by atoms with Crippen molar-refractivity contribution in [2.24, 2.45) is 0 Å². The molecular formula is C11H11NO3. The molecule has 0 radical (unpaired) electrons. The van der Waals surface area contributed by atoms with E-state index in [2.05, 4.69) is 9.72 Å². The summed E-state index contributed by atoms with van der Waals surface area (Å²) in [6, 6.07) is 3.53. The number of esters is 1. The lowest BCUT2D eigenvalue weighted by Gasteiger charge is -1.94. The van der Waals surface area contributed by atoms with Crippen molar-refractivity contribution in [3.63, 3.8) is 0 Å². The third-order valence-corrected chi connectivity index (χ3v) is 1.71. The number of ketones is 1. The predicted octanol–water partition coefficient (Wildman–Crippen LogP) is 1.23. The number of nitrogens with zero attached hydrogens (tertiary/aromatic N) is 1. The number of methoxy groups -OCH3 is 1. The lowest BCUT2D eigenvalue weighted by Crippen LogP contribution is -2.06. The zero-order chi connectivity index (χ0) is 11.1. The molecule has 0 aliphatic carbocycles. The second-order valence-corrected chi connectivity index (χ2v) is 2.83. The van der Waals surface area contributed by atoms with Crippen molar-refractivity contribution >= 4 is 17.8 Å². The predicted molar refractivity (Wildman–Crippen MR) is 54.9 cm³/mol. The first-order valence-corrected chi connectivity index (χ1v) is 4.40. The molecule has 1 aromatic heterocycles. The van der Waals surface area contributed by atoms with Crippen LogP contribution in [-0.2, 0) is 14.3 Å². The van der Waals surface area contributed by atoms with E-state index in [9.17, 15) is 9.59 Å². The van der Waals surface area contributed by atoms with Crippen LogP contribution in [0.1, 0.15) is 12.0 Å². The van der Waals surface area contributed by atoms with Gasteiger partial charge in [-0.25, -0.2) is 0 Å². The molecule has 1 heterocycles. The number of rotatable bonds is 4. The lowest BCUT2D eigenvalue weighted by molar-refractivity contribution is -0.142. The quantitative estimate of drug-likeness (QED) is 0.421. The van der Waals surface area contributed by atoms with Gasteiger partial charge in [-0.1, -0.05) is 6.08 Å². The lowest BCUT2D eigenvalue weighted by atomic mass is 10.2. The molecule has 0 aromatic carbocycles.